The van der Waals surface area contributed by atoms with Gasteiger partial charge in [-0.3, -0.25) is 9.88 Å². The van der Waals surface area contributed by atoms with Crippen LogP contribution in [0.2, 0.25) is 0 Å². The molecule has 0 aliphatic rings. The van der Waals surface area contributed by atoms with Crippen LogP contribution < -0.4 is 5.32 Å². The first-order valence-corrected chi connectivity index (χ1v) is 6.04. The number of nitrogens with zero attached hydrogens (tertiary/aromatic N) is 2. The Morgan fingerprint density at radius 2 is 2.25 bits per heavy atom. The van der Waals surface area contributed by atoms with Crippen molar-refractivity contribution < 1.29 is 0 Å². The minimum Gasteiger partial charge on any atom is -0.313 e. The summed E-state index contributed by atoms with van der Waals surface area (Å²) in [7, 11) is 2.14. The van der Waals surface area contributed by atoms with Gasteiger partial charge in [-0.2, -0.15) is 0 Å². The summed E-state index contributed by atoms with van der Waals surface area (Å²) < 4.78 is 0. The molecule has 0 saturated heterocycles. The summed E-state index contributed by atoms with van der Waals surface area (Å²) >= 11 is 0. The van der Waals surface area contributed by atoms with Gasteiger partial charge in [0.1, 0.15) is 0 Å². The quantitative estimate of drug-likeness (QED) is 0.762. The highest BCUT2D eigenvalue weighted by Gasteiger charge is 2.06. The van der Waals surface area contributed by atoms with Crippen molar-refractivity contribution >= 4 is 0 Å². The van der Waals surface area contributed by atoms with Gasteiger partial charge in [0.2, 0.25) is 0 Å². The first kappa shape index (κ1) is 13.1. The van der Waals surface area contributed by atoms with Crippen molar-refractivity contribution in [2.75, 3.05) is 20.1 Å². The zero-order chi connectivity index (χ0) is 11.8. The van der Waals surface area contributed by atoms with E-state index in [0.717, 1.165) is 25.3 Å². The lowest BCUT2D eigenvalue weighted by atomic mass is 10.2. The molecule has 0 radical (unpaired) electrons. The van der Waals surface area contributed by atoms with E-state index in [2.05, 4.69) is 42.2 Å². The number of rotatable bonds is 7. The first-order valence-electron chi connectivity index (χ1n) is 6.04. The van der Waals surface area contributed by atoms with E-state index in [0.29, 0.717) is 6.04 Å². The molecule has 0 aromatic carbocycles. The lowest BCUT2D eigenvalue weighted by Gasteiger charge is -2.21. The van der Waals surface area contributed by atoms with E-state index in [1.54, 1.807) is 0 Å². The highest BCUT2D eigenvalue weighted by Crippen LogP contribution is 1.99. The normalized spacial score (nSPS) is 13.0. The average Bonchev–Trinajstić information content (AvgIpc) is 2.27. The minimum absolute atomic E-state index is 0.536. The van der Waals surface area contributed by atoms with E-state index in [-0.39, 0.29) is 0 Å². The molecule has 0 aliphatic heterocycles. The van der Waals surface area contributed by atoms with Crippen LogP contribution in [0.3, 0.4) is 0 Å². The number of pyridine rings is 1. The summed E-state index contributed by atoms with van der Waals surface area (Å²) in [5.41, 5.74) is 1.13. The molecular formula is C13H23N3. The smallest absolute Gasteiger partial charge is 0.0543 e. The Morgan fingerprint density at radius 3 is 2.88 bits per heavy atom. The maximum atomic E-state index is 4.33. The second kappa shape index (κ2) is 7.36. The molecule has 0 saturated carbocycles. The molecule has 0 aliphatic carbocycles. The third-order valence-corrected chi connectivity index (χ3v) is 2.49. The third kappa shape index (κ3) is 5.24. The molecule has 3 nitrogen and oxygen atoms in total. The van der Waals surface area contributed by atoms with E-state index in [4.69, 9.17) is 0 Å². The van der Waals surface area contributed by atoms with Crippen molar-refractivity contribution in [2.24, 2.45) is 0 Å². The monoisotopic (exact) mass is 221 g/mol. The Kier molecular flexibility index (Phi) is 6.04. The van der Waals surface area contributed by atoms with Crippen LogP contribution in [-0.4, -0.2) is 36.1 Å². The van der Waals surface area contributed by atoms with E-state index in [9.17, 15) is 0 Å². The summed E-state index contributed by atoms with van der Waals surface area (Å²) in [6.45, 7) is 7.48. The molecule has 0 fully saturated rings. The summed E-state index contributed by atoms with van der Waals surface area (Å²) in [6, 6.07) is 6.60. The van der Waals surface area contributed by atoms with Gasteiger partial charge in [-0.1, -0.05) is 13.0 Å². The van der Waals surface area contributed by atoms with Crippen LogP contribution >= 0.6 is 0 Å². The van der Waals surface area contributed by atoms with E-state index in [1.165, 1.54) is 6.42 Å². The summed E-state index contributed by atoms with van der Waals surface area (Å²) in [5.74, 6) is 0. The fourth-order valence-electron chi connectivity index (χ4n) is 1.76. The second-order valence-electron chi connectivity index (χ2n) is 4.37. The van der Waals surface area contributed by atoms with Crippen molar-refractivity contribution in [1.82, 2.24) is 15.2 Å². The molecule has 1 N–H and O–H groups in total. The van der Waals surface area contributed by atoms with Crippen LogP contribution in [0.1, 0.15) is 26.0 Å². The van der Waals surface area contributed by atoms with Crippen molar-refractivity contribution in [2.45, 2.75) is 32.9 Å². The average molecular weight is 221 g/mol. The summed E-state index contributed by atoms with van der Waals surface area (Å²) in [6.07, 6.45) is 3.04. The molecule has 0 spiro atoms. The van der Waals surface area contributed by atoms with Crippen molar-refractivity contribution in [3.05, 3.63) is 30.1 Å². The molecule has 1 aromatic rings. The fraction of sp³-hybridized carbons (Fsp3) is 0.615. The molecule has 1 aromatic heterocycles. The van der Waals surface area contributed by atoms with Gasteiger partial charge < -0.3 is 5.32 Å². The lowest BCUT2D eigenvalue weighted by molar-refractivity contribution is 0.287. The van der Waals surface area contributed by atoms with Gasteiger partial charge in [-0.25, -0.2) is 0 Å². The second-order valence-corrected chi connectivity index (χ2v) is 4.37. The predicted molar refractivity (Wildman–Crippen MR) is 68.3 cm³/mol. The zero-order valence-corrected chi connectivity index (χ0v) is 10.6. The van der Waals surface area contributed by atoms with Gasteiger partial charge >= 0.3 is 0 Å². The van der Waals surface area contributed by atoms with Gasteiger partial charge in [-0.05, 0) is 39.1 Å². The molecule has 1 heterocycles. The van der Waals surface area contributed by atoms with E-state index < -0.39 is 0 Å². The Balaban J connectivity index is 2.27. The predicted octanol–water partition coefficient (Wildman–Crippen LogP) is 1.90. The largest absolute Gasteiger partial charge is 0.313 e. The maximum absolute atomic E-state index is 4.33. The van der Waals surface area contributed by atoms with Crippen LogP contribution in [-0.2, 0) is 6.54 Å². The maximum Gasteiger partial charge on any atom is 0.0543 e. The number of hydrogen-bond donors (Lipinski definition) is 1. The van der Waals surface area contributed by atoms with Crippen molar-refractivity contribution in [3.8, 4) is 0 Å². The van der Waals surface area contributed by atoms with Gasteiger partial charge in [0, 0.05) is 25.3 Å². The molecular weight excluding hydrogens is 198 g/mol. The van der Waals surface area contributed by atoms with Crippen LogP contribution in [0.15, 0.2) is 24.4 Å². The Hall–Kier alpha value is -0.930. The van der Waals surface area contributed by atoms with Crippen LogP contribution in [0.25, 0.3) is 0 Å². The Morgan fingerprint density at radius 1 is 1.44 bits per heavy atom. The van der Waals surface area contributed by atoms with Crippen LogP contribution in [0, 0.1) is 0 Å². The zero-order valence-electron chi connectivity index (χ0n) is 10.6. The third-order valence-electron chi connectivity index (χ3n) is 2.49. The molecule has 16 heavy (non-hydrogen) atoms. The molecule has 1 rings (SSSR count). The molecule has 3 heteroatoms. The Bertz CT molecular complexity index is 274. The lowest BCUT2D eigenvalue weighted by Crippen LogP contribution is -2.37. The first-order chi connectivity index (χ1) is 7.72. The number of nitrogens with one attached hydrogen (secondary N) is 1. The van der Waals surface area contributed by atoms with E-state index >= 15 is 0 Å². The molecule has 1 atom stereocenters. The number of likely N-dealkylation sites (N-methyl/N-ethyl adjacent to an activating group) is 1. The number of aromatic nitrogens is 1. The van der Waals surface area contributed by atoms with Gasteiger partial charge in [0.05, 0.1) is 5.69 Å². The standard InChI is InChI=1S/C13H23N3/c1-4-8-14-12(2)10-16(3)11-13-7-5-6-9-15-13/h5-7,9,12,14H,4,8,10-11H2,1-3H3. The summed E-state index contributed by atoms with van der Waals surface area (Å²) in [4.78, 5) is 6.63. The van der Waals surface area contributed by atoms with Crippen LogP contribution in [0.4, 0.5) is 0 Å². The van der Waals surface area contributed by atoms with Gasteiger partial charge in [-0.15, -0.1) is 0 Å². The minimum atomic E-state index is 0.536. The highest BCUT2D eigenvalue weighted by molar-refractivity contribution is 5.03. The fourth-order valence-corrected chi connectivity index (χ4v) is 1.76. The Labute approximate surface area is 98.9 Å². The SMILES string of the molecule is CCCNC(C)CN(C)Cc1ccccn1. The van der Waals surface area contributed by atoms with E-state index in [1.807, 2.05) is 18.3 Å². The molecule has 0 amide bonds. The topological polar surface area (TPSA) is 28.2 Å². The van der Waals surface area contributed by atoms with Crippen molar-refractivity contribution in [3.63, 3.8) is 0 Å². The van der Waals surface area contributed by atoms with Gasteiger partial charge in [0.25, 0.3) is 0 Å². The van der Waals surface area contributed by atoms with Gasteiger partial charge in [0.15, 0.2) is 0 Å². The molecule has 90 valence electrons. The molecule has 1 unspecified atom stereocenters. The molecule has 0 bridgehead atoms. The highest BCUT2D eigenvalue weighted by atomic mass is 15.1. The summed E-state index contributed by atoms with van der Waals surface area (Å²) in [5, 5.41) is 3.49. The van der Waals surface area contributed by atoms with Crippen LogP contribution in [0.5, 0.6) is 0 Å². The number of hydrogen-bond acceptors (Lipinski definition) is 3. The van der Waals surface area contributed by atoms with Crippen molar-refractivity contribution in [1.29, 1.82) is 0 Å².